The highest BCUT2D eigenvalue weighted by Gasteiger charge is 2.42. The highest BCUT2D eigenvalue weighted by atomic mass is 31.2. The smallest absolute Gasteiger partial charge is 0.335 e. The minimum Gasteiger partial charge on any atom is -0.469 e. The van der Waals surface area contributed by atoms with Gasteiger partial charge in [-0.1, -0.05) is 127 Å². The monoisotopic (exact) mass is 574 g/mol. The Labute approximate surface area is 245 Å². The van der Waals surface area contributed by atoms with Crippen LogP contribution in [0.2, 0.25) is 0 Å². The van der Waals surface area contributed by atoms with Crippen molar-refractivity contribution >= 4 is 56.6 Å². The molecule has 0 bridgehead atoms. The van der Waals surface area contributed by atoms with E-state index in [-0.39, 0.29) is 17.5 Å². The number of hydrogen-bond acceptors (Lipinski definition) is 5. The molecule has 5 aromatic rings. The Bertz CT molecular complexity index is 1680. The van der Waals surface area contributed by atoms with E-state index in [0.29, 0.717) is 5.56 Å². The fourth-order valence-electron chi connectivity index (χ4n) is 5.54. The van der Waals surface area contributed by atoms with Crippen LogP contribution in [0.3, 0.4) is 0 Å². The van der Waals surface area contributed by atoms with Crippen molar-refractivity contribution < 1.29 is 23.9 Å². The Hall–Kier alpha value is -4.73. The summed E-state index contributed by atoms with van der Waals surface area (Å²) in [6.07, 6.45) is -0.260. The number of carbonyl (C=O) groups excluding carboxylic acids is 3. The molecule has 0 saturated carbocycles. The average Bonchev–Trinajstić information content (AvgIpc) is 3.06. The lowest BCUT2D eigenvalue weighted by atomic mass is 9.94. The number of methoxy groups -OCH3 is 2. The second-order valence-electron chi connectivity index (χ2n) is 9.82. The first-order chi connectivity index (χ1) is 20.5. The van der Waals surface area contributed by atoms with E-state index < -0.39 is 24.7 Å². The molecule has 0 saturated heterocycles. The quantitative estimate of drug-likeness (QED) is 0.131. The number of benzene rings is 5. The van der Waals surface area contributed by atoms with Crippen LogP contribution in [0.15, 0.2) is 133 Å². The molecule has 5 aromatic carbocycles. The SMILES string of the molecule is COC(=O)C(C(CC(=O)c1ccc2ccccc2c1)C(=O)OC)=P(c1ccccc1)(c1ccccc1)c1ccccc1. The molecule has 0 aliphatic rings. The van der Waals surface area contributed by atoms with E-state index in [1.165, 1.54) is 14.2 Å². The highest BCUT2D eigenvalue weighted by molar-refractivity contribution is 7.96. The molecule has 0 aromatic heterocycles. The van der Waals surface area contributed by atoms with Gasteiger partial charge in [-0.25, -0.2) is 4.79 Å². The number of esters is 2. The summed E-state index contributed by atoms with van der Waals surface area (Å²) < 4.78 is 10.7. The van der Waals surface area contributed by atoms with Crippen molar-refractivity contribution in [2.75, 3.05) is 14.2 Å². The number of hydrogen-bond donors (Lipinski definition) is 0. The lowest BCUT2D eigenvalue weighted by Crippen LogP contribution is -2.41. The summed E-state index contributed by atoms with van der Waals surface area (Å²) in [5, 5.41) is 4.70. The first-order valence-corrected chi connectivity index (χ1v) is 15.4. The fourth-order valence-corrected chi connectivity index (χ4v) is 10.2. The molecule has 0 aliphatic heterocycles. The number of fused-ring (bicyclic) bond motifs is 1. The summed E-state index contributed by atoms with van der Waals surface area (Å²) in [4.78, 5) is 41.7. The molecule has 0 fully saturated rings. The van der Waals surface area contributed by atoms with Gasteiger partial charge in [0.15, 0.2) is 5.78 Å². The minimum atomic E-state index is -3.06. The zero-order valence-corrected chi connectivity index (χ0v) is 24.4. The van der Waals surface area contributed by atoms with Gasteiger partial charge in [-0.15, -0.1) is 0 Å². The first kappa shape index (κ1) is 28.8. The summed E-state index contributed by atoms with van der Waals surface area (Å²) in [7, 11) is 2.58. The Morgan fingerprint density at radius 2 is 1.07 bits per heavy atom. The second kappa shape index (κ2) is 12.8. The molecule has 0 heterocycles. The van der Waals surface area contributed by atoms with Gasteiger partial charge in [-0.2, -0.15) is 0 Å². The topological polar surface area (TPSA) is 69.7 Å². The molecule has 0 aliphatic carbocycles. The van der Waals surface area contributed by atoms with E-state index in [2.05, 4.69) is 0 Å². The number of ketones is 1. The summed E-state index contributed by atoms with van der Waals surface area (Å²) >= 11 is 0. The molecule has 1 atom stereocenters. The summed E-state index contributed by atoms with van der Waals surface area (Å²) in [6.45, 7) is -3.06. The van der Waals surface area contributed by atoms with Gasteiger partial charge in [0.2, 0.25) is 0 Å². The maximum absolute atomic E-state index is 14.1. The van der Waals surface area contributed by atoms with Crippen molar-refractivity contribution in [3.63, 3.8) is 0 Å². The fraction of sp³-hybridized carbons (Fsp3) is 0.111. The first-order valence-electron chi connectivity index (χ1n) is 13.6. The molecule has 0 N–H and O–H groups in total. The Morgan fingerprint density at radius 3 is 1.55 bits per heavy atom. The van der Waals surface area contributed by atoms with Gasteiger partial charge < -0.3 is 9.47 Å². The lowest BCUT2D eigenvalue weighted by molar-refractivity contribution is -0.144. The molecule has 0 radical (unpaired) electrons. The normalized spacial score (nSPS) is 11.9. The van der Waals surface area contributed by atoms with Crippen LogP contribution in [-0.4, -0.2) is 37.2 Å². The number of Topliss-reactive ketones (excluding diaryl/α,β-unsaturated/α-hetero) is 1. The maximum atomic E-state index is 14.1. The van der Waals surface area contributed by atoms with E-state index in [0.717, 1.165) is 26.7 Å². The molecule has 1 unspecified atom stereocenters. The van der Waals surface area contributed by atoms with Crippen LogP contribution in [0, 0.1) is 5.92 Å². The predicted molar refractivity (Wildman–Crippen MR) is 171 cm³/mol. The Kier molecular flexibility index (Phi) is 8.80. The van der Waals surface area contributed by atoms with Gasteiger partial charge in [0.25, 0.3) is 0 Å². The average molecular weight is 575 g/mol. The van der Waals surface area contributed by atoms with Gasteiger partial charge in [0.1, 0.15) is 0 Å². The van der Waals surface area contributed by atoms with Crippen LogP contribution in [0.4, 0.5) is 0 Å². The van der Waals surface area contributed by atoms with Gasteiger partial charge in [0.05, 0.1) is 25.4 Å². The number of ether oxygens (including phenoxy) is 2. The Balaban J connectivity index is 1.85. The molecule has 5 nitrogen and oxygen atoms in total. The molecule has 0 spiro atoms. The molecule has 210 valence electrons. The van der Waals surface area contributed by atoms with E-state index in [4.69, 9.17) is 9.47 Å². The van der Waals surface area contributed by atoms with Gasteiger partial charge in [-0.3, -0.25) is 9.59 Å². The third kappa shape index (κ3) is 5.44. The molecule has 5 rings (SSSR count). The summed E-state index contributed by atoms with van der Waals surface area (Å²) in [5.74, 6) is -2.79. The highest BCUT2D eigenvalue weighted by Crippen LogP contribution is 2.48. The molecule has 42 heavy (non-hydrogen) atoms. The summed E-state index contributed by atoms with van der Waals surface area (Å²) in [6, 6.07) is 42.2. The van der Waals surface area contributed by atoms with Crippen molar-refractivity contribution in [2.45, 2.75) is 6.42 Å². The molecule has 6 heteroatoms. The van der Waals surface area contributed by atoms with Gasteiger partial charge in [0, 0.05) is 12.0 Å². The zero-order valence-electron chi connectivity index (χ0n) is 23.5. The Morgan fingerprint density at radius 1 is 0.595 bits per heavy atom. The third-order valence-electron chi connectivity index (χ3n) is 7.46. The van der Waals surface area contributed by atoms with Crippen molar-refractivity contribution in [3.05, 3.63) is 139 Å². The van der Waals surface area contributed by atoms with Crippen LogP contribution in [-0.2, 0) is 19.1 Å². The van der Waals surface area contributed by atoms with Gasteiger partial charge >= 0.3 is 11.9 Å². The molecule has 0 amide bonds. The van der Waals surface area contributed by atoms with Crippen LogP contribution >= 0.6 is 6.89 Å². The maximum Gasteiger partial charge on any atom is 0.335 e. The van der Waals surface area contributed by atoms with Crippen molar-refractivity contribution in [1.29, 1.82) is 0 Å². The third-order valence-corrected chi connectivity index (χ3v) is 11.9. The van der Waals surface area contributed by atoms with Crippen LogP contribution in [0.25, 0.3) is 10.8 Å². The molecular weight excluding hydrogens is 543 g/mol. The standard InChI is InChI=1S/C36H31O5P/c1-40-35(38)32(25-33(37)28-23-22-26-14-12-13-15-27(26)24-28)34(36(39)41-2)42(29-16-6-3-7-17-29,30-18-8-4-9-19-30)31-20-10-5-11-21-31/h3-24,32H,25H2,1-2H3. The lowest BCUT2D eigenvalue weighted by Gasteiger charge is -2.34. The van der Waals surface area contributed by atoms with Crippen LogP contribution in [0.5, 0.6) is 0 Å². The van der Waals surface area contributed by atoms with E-state index in [1.54, 1.807) is 6.07 Å². The largest absolute Gasteiger partial charge is 0.469 e. The zero-order chi connectivity index (χ0) is 29.5. The predicted octanol–water partition coefficient (Wildman–Crippen LogP) is 5.54. The number of rotatable bonds is 9. The van der Waals surface area contributed by atoms with E-state index in [9.17, 15) is 14.4 Å². The minimum absolute atomic E-state index is 0.217. The van der Waals surface area contributed by atoms with Crippen LogP contribution < -0.4 is 15.9 Å². The van der Waals surface area contributed by atoms with Crippen LogP contribution in [0.1, 0.15) is 16.8 Å². The summed E-state index contributed by atoms with van der Waals surface area (Å²) in [5.41, 5.74) is 0.454. The molecular formula is C36H31O5P. The van der Waals surface area contributed by atoms with Crippen molar-refractivity contribution in [1.82, 2.24) is 0 Å². The second-order valence-corrected chi connectivity index (χ2v) is 13.2. The number of carbonyl (C=O) groups is 3. The van der Waals surface area contributed by atoms with E-state index >= 15 is 0 Å². The van der Waals surface area contributed by atoms with Crippen molar-refractivity contribution in [2.24, 2.45) is 5.92 Å². The van der Waals surface area contributed by atoms with E-state index in [1.807, 2.05) is 127 Å². The van der Waals surface area contributed by atoms with Crippen molar-refractivity contribution in [3.8, 4) is 0 Å². The van der Waals surface area contributed by atoms with Gasteiger partial charge in [-0.05, 0) is 39.6 Å².